The first-order valence-electron chi connectivity index (χ1n) is 42.7. The van der Waals surface area contributed by atoms with E-state index in [4.69, 9.17) is 14.8 Å². The molecule has 2 radical (unpaired) electrons. The van der Waals surface area contributed by atoms with Crippen molar-refractivity contribution >= 4 is 66.6 Å². The van der Waals surface area contributed by atoms with Gasteiger partial charge in [0.05, 0.1) is 51.7 Å². The number of fused-ring (bicyclic) bond motifs is 11. The molecule has 22 rings (SSSR count). The number of benzene rings is 12. The van der Waals surface area contributed by atoms with E-state index in [1.165, 1.54) is 114 Å². The summed E-state index contributed by atoms with van der Waals surface area (Å²) < 4.78 is 8.11. The number of anilines is 2. The van der Waals surface area contributed by atoms with Crippen molar-refractivity contribution in [3.8, 4) is 50.5 Å². The summed E-state index contributed by atoms with van der Waals surface area (Å²) in [6, 6.07) is 111. The number of azo groups is 1. The van der Waals surface area contributed by atoms with Crippen molar-refractivity contribution in [1.29, 1.82) is 0 Å². The van der Waals surface area contributed by atoms with E-state index in [1.54, 1.807) is 12.4 Å². The molecular formula is C114H103Ir2N9O3-2. The molecule has 0 spiro atoms. The van der Waals surface area contributed by atoms with Crippen molar-refractivity contribution in [1.82, 2.24) is 19.9 Å². The molecule has 0 saturated carbocycles. The van der Waals surface area contributed by atoms with Crippen LogP contribution in [0.4, 0.5) is 17.1 Å². The van der Waals surface area contributed by atoms with Gasteiger partial charge in [0, 0.05) is 117 Å². The third kappa shape index (κ3) is 21.0. The van der Waals surface area contributed by atoms with Crippen molar-refractivity contribution in [2.45, 2.75) is 112 Å². The predicted molar refractivity (Wildman–Crippen MR) is 519 cm³/mol. The molecule has 14 heteroatoms. The van der Waals surface area contributed by atoms with Crippen molar-refractivity contribution in [2.75, 3.05) is 10.2 Å². The van der Waals surface area contributed by atoms with E-state index in [0.29, 0.717) is 29.7 Å². The summed E-state index contributed by atoms with van der Waals surface area (Å²) in [6.07, 6.45) is 25.0. The number of pyridine rings is 3. The number of para-hydroxylation sites is 2. The number of hydrogen-bond acceptors (Lipinski definition) is 11. The number of carbonyl (C=O) groups is 1. The number of carbonyl (C=O) groups excluding carboxylic acids is 1. The number of hydrogen-bond donors (Lipinski definition) is 2. The number of ketones is 1. The molecule has 2 atom stereocenters. The van der Waals surface area contributed by atoms with Gasteiger partial charge in [-0.2, -0.15) is 14.8 Å². The Bertz CT molecular complexity index is 6640. The van der Waals surface area contributed by atoms with Crippen LogP contribution in [0.25, 0.3) is 82.8 Å². The average Bonchev–Trinajstić information content (AvgIpc) is 1.56. The molecule has 12 nitrogen and oxygen atoms in total. The Labute approximate surface area is 780 Å². The van der Waals surface area contributed by atoms with Crippen molar-refractivity contribution < 1.29 is 59.4 Å². The Morgan fingerprint density at radius 2 is 1.20 bits per heavy atom. The fourth-order valence-corrected chi connectivity index (χ4v) is 16.9. The molecule has 7 aliphatic heterocycles. The van der Waals surface area contributed by atoms with Crippen LogP contribution in [0, 0.1) is 18.2 Å². The maximum absolute atomic E-state index is 10.0. The zero-order valence-corrected chi connectivity index (χ0v) is 77.2. The first-order valence-corrected chi connectivity index (χ1v) is 42.7. The van der Waals surface area contributed by atoms with E-state index < -0.39 is 0 Å². The SMILES string of the molecule is C.C1=CC2=CN3c4ccccc4CC3N2C=C1.C=C1Oc2ccccc2[C-]=C1c1ccccn1.CC(=O)C=C(C)O.CC(C)N=Nc1c2c3c(cccc3c3ccccc13)CN2.CC(C)c1cccc(C(C)C)c1C1C=C[N+]2=C1c1ccccc1C2.[Ir].[Ir].[c-]1ccccc1-c1cc(-c2ccccc2)c2cc(-c3ccccc3)ccc2n1.[c-]1ccccc1-c1ccccn1. The van der Waals surface area contributed by atoms with Crippen LogP contribution in [-0.4, -0.2) is 53.2 Å². The number of allylic oxidation sites excluding steroid dienone is 7. The number of nitrogens with zero attached hydrogens (tertiary/aromatic N) is 8. The molecule has 7 aliphatic rings. The fraction of sp³-hybridized carbons (Fsp3) is 0.149. The van der Waals surface area contributed by atoms with Gasteiger partial charge in [-0.1, -0.05) is 271 Å². The van der Waals surface area contributed by atoms with Crippen LogP contribution < -0.4 is 15.0 Å². The molecule has 2 unspecified atom stereocenters. The number of aliphatic hydroxyl groups is 1. The quantitative estimate of drug-likeness (QED) is 0.0324. The molecule has 12 aromatic carbocycles. The zero-order chi connectivity index (χ0) is 86.3. The number of rotatable bonds is 11. The van der Waals surface area contributed by atoms with Gasteiger partial charge in [0.1, 0.15) is 11.9 Å². The first-order chi connectivity index (χ1) is 61.1. The summed E-state index contributed by atoms with van der Waals surface area (Å²) in [4.78, 5) is 28.2. The van der Waals surface area contributed by atoms with Gasteiger partial charge in [0.2, 0.25) is 5.71 Å². The van der Waals surface area contributed by atoms with Crippen LogP contribution >= 0.6 is 0 Å². The summed E-state index contributed by atoms with van der Waals surface area (Å²) in [6.45, 7) is 22.0. The number of ether oxygens (including phenoxy) is 1. The average molecular weight is 2030 g/mol. The Balaban J connectivity index is 0.000000131. The zero-order valence-electron chi connectivity index (χ0n) is 72.4. The maximum Gasteiger partial charge on any atom is 0.201 e. The maximum atomic E-state index is 10.0. The van der Waals surface area contributed by atoms with Gasteiger partial charge in [-0.05, 0) is 166 Å². The minimum atomic E-state index is -0.125. The van der Waals surface area contributed by atoms with Gasteiger partial charge in [-0.3, -0.25) is 14.8 Å². The topological polar surface area (TPSA) is 131 Å². The Hall–Kier alpha value is -13.7. The molecule has 2 N–H and O–H groups in total. The Morgan fingerprint density at radius 3 is 1.86 bits per heavy atom. The van der Waals surface area contributed by atoms with Crippen molar-refractivity contribution in [3.63, 3.8) is 0 Å². The van der Waals surface area contributed by atoms with Crippen LogP contribution in [0.1, 0.15) is 131 Å². The van der Waals surface area contributed by atoms with Crippen LogP contribution in [0.15, 0.2) is 399 Å². The number of aromatic nitrogens is 3. The molecule has 0 aliphatic carbocycles. The summed E-state index contributed by atoms with van der Waals surface area (Å²) in [5.74, 6) is 2.77. The standard InChI is InChI=1S/C27H18N.C23H26N.C18H17N3.C15H10NO.C14H12N2.C11H8N.C5H8O2.CH4.2Ir/c1-4-10-20(11-5-1)23-16-17-26-25(18-23)24(21-12-6-2-7-13-21)19-27(28-26)22-14-8-3-9-15-22;1-15(2)18-10-7-11-19(16(3)4)22(18)21-12-13-24-14-17-8-5-6-9-20(17)23(21)24;1-11(2)20-21-17-15-8-4-3-7-13(15)14-9-5-6-12-10-19-18(17)16(12)14;1-11-13(14-7-4-5-9-16-14)10-12-6-2-3-8-15(12)17-11;1-2-7-13-11(5-1)9-14-15-8-4-3-6-12(15)10-16(13)14;1-2-6-10(7-3-1)11-8-4-5-9-12-11;1-4(6)3-5(2)7;;;/h1-14,16-19H;5-13,15-16,21H,14H2,1-4H3;3-9,11,19H,10H2,1-2H3;2-9H,1H2;1-8,10,14H,9H2;1-6,8-9H;3,6H,1-2H3;1H4;;/q-1;+1;;-1;;-1;;;;. The molecular weight excluding hydrogens is 1930 g/mol. The molecule has 0 saturated heterocycles. The monoisotopic (exact) mass is 2030 g/mol. The molecule has 642 valence electrons. The third-order valence-electron chi connectivity index (χ3n) is 22.5. The molecule has 15 aromatic rings. The van der Waals surface area contributed by atoms with E-state index in [2.05, 4.69) is 323 Å². The second kappa shape index (κ2) is 43.0. The van der Waals surface area contributed by atoms with Gasteiger partial charge in [0.15, 0.2) is 18.5 Å². The third-order valence-corrected chi connectivity index (χ3v) is 22.5. The van der Waals surface area contributed by atoms with Crippen LogP contribution in [0.2, 0.25) is 0 Å². The Morgan fingerprint density at radius 1 is 0.586 bits per heavy atom. The molecule has 0 fully saturated rings. The molecule has 0 amide bonds. The van der Waals surface area contributed by atoms with Crippen LogP contribution in [0.5, 0.6) is 5.75 Å². The number of nitrogens with one attached hydrogen (secondary N) is 1. The van der Waals surface area contributed by atoms with Gasteiger partial charge in [0.25, 0.3) is 0 Å². The van der Waals surface area contributed by atoms with Crippen LogP contribution in [-0.2, 0) is 64.5 Å². The smallest absolute Gasteiger partial charge is 0.201 e. The summed E-state index contributed by atoms with van der Waals surface area (Å²) in [5, 5.41) is 27.0. The van der Waals surface area contributed by atoms with E-state index >= 15 is 0 Å². The molecule has 10 heterocycles. The largest absolute Gasteiger partial charge is 0.527 e. The molecule has 128 heavy (non-hydrogen) atoms. The molecule has 3 aromatic heterocycles. The van der Waals surface area contributed by atoms with E-state index in [-0.39, 0.29) is 65.2 Å². The summed E-state index contributed by atoms with van der Waals surface area (Å²) >= 11 is 0. The first kappa shape index (κ1) is 92.0. The van der Waals surface area contributed by atoms with Gasteiger partial charge in [-0.15, -0.1) is 83.9 Å². The van der Waals surface area contributed by atoms with E-state index in [0.717, 1.165) is 92.3 Å². The van der Waals surface area contributed by atoms with Crippen LogP contribution in [0.3, 0.4) is 0 Å². The Kier molecular flexibility index (Phi) is 30.9. The minimum Gasteiger partial charge on any atom is -0.527 e. The van der Waals surface area contributed by atoms with E-state index in [1.807, 2.05) is 129 Å². The molecule has 0 bridgehead atoms. The summed E-state index contributed by atoms with van der Waals surface area (Å²) in [7, 11) is 0. The van der Waals surface area contributed by atoms with Crippen molar-refractivity contribution in [3.05, 3.63) is 457 Å². The summed E-state index contributed by atoms with van der Waals surface area (Å²) in [5.41, 5.74) is 28.7. The second-order valence-corrected chi connectivity index (χ2v) is 32.2. The fourth-order valence-electron chi connectivity index (χ4n) is 16.9. The van der Waals surface area contributed by atoms with Crippen molar-refractivity contribution in [2.24, 2.45) is 10.2 Å². The predicted octanol–water partition coefficient (Wildman–Crippen LogP) is 28.1. The minimum absolute atomic E-state index is 0. The normalized spacial score (nSPS) is 14.5. The number of aliphatic hydroxyl groups excluding tert-OH is 1. The van der Waals surface area contributed by atoms with Gasteiger partial charge >= 0.3 is 0 Å². The van der Waals surface area contributed by atoms with E-state index in [9.17, 15) is 4.79 Å². The second-order valence-electron chi connectivity index (χ2n) is 32.2. The van der Waals surface area contributed by atoms with Gasteiger partial charge < -0.3 is 29.9 Å². The van der Waals surface area contributed by atoms with Gasteiger partial charge in [-0.25, -0.2) is 0 Å².